The van der Waals surface area contributed by atoms with Crippen molar-refractivity contribution < 1.29 is 4.79 Å². The van der Waals surface area contributed by atoms with Crippen LogP contribution in [-0.4, -0.2) is 21.6 Å². The molecule has 4 rings (SSSR count). The van der Waals surface area contributed by atoms with E-state index in [1.807, 2.05) is 48.5 Å². The molecule has 0 aliphatic carbocycles. The van der Waals surface area contributed by atoms with Crippen molar-refractivity contribution in [1.82, 2.24) is 9.97 Å². The van der Waals surface area contributed by atoms with E-state index in [1.165, 1.54) is 11.8 Å². The molecular weight excluding hydrogens is 416 g/mol. The standard InChI is InChI=1S/C23H15ClN4OS/c24-18-7-2-1-5-16(18)21-11-10-15(13-25)23(28-21)30-14-22(29)27-20-9-3-8-19-17(20)6-4-12-26-19/h1-12H,14H2,(H,27,29). The second-order valence-electron chi connectivity index (χ2n) is 6.35. The van der Waals surface area contributed by atoms with Crippen LogP contribution in [0.15, 0.2) is 78.0 Å². The molecule has 30 heavy (non-hydrogen) atoms. The lowest BCUT2D eigenvalue weighted by molar-refractivity contribution is -0.113. The highest BCUT2D eigenvalue weighted by atomic mass is 35.5. The number of hydrogen-bond donors (Lipinski definition) is 1. The molecule has 0 radical (unpaired) electrons. The molecule has 0 bridgehead atoms. The number of hydrogen-bond acceptors (Lipinski definition) is 5. The molecule has 0 fully saturated rings. The van der Waals surface area contributed by atoms with Crippen LogP contribution in [0.4, 0.5) is 5.69 Å². The van der Waals surface area contributed by atoms with E-state index in [2.05, 4.69) is 21.4 Å². The van der Waals surface area contributed by atoms with Crippen LogP contribution < -0.4 is 5.32 Å². The number of fused-ring (bicyclic) bond motifs is 1. The molecule has 7 heteroatoms. The normalized spacial score (nSPS) is 10.5. The molecule has 4 aromatic rings. The molecule has 5 nitrogen and oxygen atoms in total. The smallest absolute Gasteiger partial charge is 0.234 e. The van der Waals surface area contributed by atoms with Gasteiger partial charge in [0, 0.05) is 22.2 Å². The molecule has 1 amide bonds. The van der Waals surface area contributed by atoms with Crippen molar-refractivity contribution in [2.45, 2.75) is 5.03 Å². The fraction of sp³-hybridized carbons (Fsp3) is 0.0435. The van der Waals surface area contributed by atoms with Crippen molar-refractivity contribution in [2.75, 3.05) is 11.1 Å². The lowest BCUT2D eigenvalue weighted by Gasteiger charge is -2.10. The molecular formula is C23H15ClN4OS. The number of anilines is 1. The Morgan fingerprint density at radius 2 is 1.93 bits per heavy atom. The molecule has 0 aliphatic rings. The van der Waals surface area contributed by atoms with Crippen LogP contribution in [0.5, 0.6) is 0 Å². The van der Waals surface area contributed by atoms with Gasteiger partial charge in [0.05, 0.1) is 28.2 Å². The average Bonchev–Trinajstić information content (AvgIpc) is 2.78. The minimum absolute atomic E-state index is 0.115. The van der Waals surface area contributed by atoms with E-state index in [-0.39, 0.29) is 11.7 Å². The first kappa shape index (κ1) is 19.9. The van der Waals surface area contributed by atoms with E-state index in [0.717, 1.165) is 16.5 Å². The van der Waals surface area contributed by atoms with Crippen LogP contribution >= 0.6 is 23.4 Å². The van der Waals surface area contributed by atoms with Gasteiger partial charge in [-0.1, -0.05) is 47.6 Å². The molecule has 0 atom stereocenters. The Morgan fingerprint density at radius 1 is 1.07 bits per heavy atom. The Morgan fingerprint density at radius 3 is 2.77 bits per heavy atom. The maximum Gasteiger partial charge on any atom is 0.234 e. The van der Waals surface area contributed by atoms with Crippen LogP contribution in [0.1, 0.15) is 5.56 Å². The predicted octanol–water partition coefficient (Wildman–Crippen LogP) is 5.55. The molecule has 0 aliphatic heterocycles. The fourth-order valence-corrected chi connectivity index (χ4v) is 3.99. The zero-order valence-electron chi connectivity index (χ0n) is 15.7. The van der Waals surface area contributed by atoms with Gasteiger partial charge in [-0.25, -0.2) is 4.98 Å². The number of rotatable bonds is 5. The predicted molar refractivity (Wildman–Crippen MR) is 120 cm³/mol. The summed E-state index contributed by atoms with van der Waals surface area (Å²) in [5, 5.41) is 14.3. The minimum Gasteiger partial charge on any atom is -0.325 e. The molecule has 0 saturated heterocycles. The topological polar surface area (TPSA) is 78.7 Å². The summed E-state index contributed by atoms with van der Waals surface area (Å²) >= 11 is 7.48. The number of benzene rings is 2. The van der Waals surface area contributed by atoms with Crippen molar-refractivity contribution in [3.63, 3.8) is 0 Å². The summed E-state index contributed by atoms with van der Waals surface area (Å²) in [6, 6.07) is 22.3. The molecule has 0 spiro atoms. The Hall–Kier alpha value is -3.40. The Kier molecular flexibility index (Phi) is 5.94. The lowest BCUT2D eigenvalue weighted by atomic mass is 10.1. The number of nitrogens with one attached hydrogen (secondary N) is 1. The highest BCUT2D eigenvalue weighted by molar-refractivity contribution is 8.00. The third kappa shape index (κ3) is 4.28. The first-order valence-corrected chi connectivity index (χ1v) is 10.4. The van der Waals surface area contributed by atoms with E-state index >= 15 is 0 Å². The van der Waals surface area contributed by atoms with Gasteiger partial charge >= 0.3 is 0 Å². The monoisotopic (exact) mass is 430 g/mol. The third-order valence-corrected chi connectivity index (χ3v) is 5.71. The van der Waals surface area contributed by atoms with Gasteiger partial charge in [0.1, 0.15) is 11.1 Å². The molecule has 0 unspecified atom stereocenters. The summed E-state index contributed by atoms with van der Waals surface area (Å²) < 4.78 is 0. The molecule has 2 aromatic carbocycles. The first-order valence-electron chi connectivity index (χ1n) is 9.08. The molecule has 146 valence electrons. The quantitative estimate of drug-likeness (QED) is 0.420. The molecule has 2 aromatic heterocycles. The van der Waals surface area contributed by atoms with Crippen molar-refractivity contribution in [3.05, 3.63) is 83.5 Å². The highest BCUT2D eigenvalue weighted by Gasteiger charge is 2.13. The zero-order valence-corrected chi connectivity index (χ0v) is 17.2. The number of amides is 1. The summed E-state index contributed by atoms with van der Waals surface area (Å²) in [6.45, 7) is 0. The minimum atomic E-state index is -0.190. The number of nitrogens with zero attached hydrogens (tertiary/aromatic N) is 3. The van der Waals surface area contributed by atoms with Gasteiger partial charge in [0.25, 0.3) is 0 Å². The Bertz CT molecular complexity index is 1280. The first-order chi connectivity index (χ1) is 14.7. The Labute approximate surface area is 182 Å². The maximum absolute atomic E-state index is 12.6. The van der Waals surface area contributed by atoms with Gasteiger partial charge in [-0.05, 0) is 42.5 Å². The lowest BCUT2D eigenvalue weighted by Crippen LogP contribution is -2.14. The van der Waals surface area contributed by atoms with E-state index in [0.29, 0.717) is 27.0 Å². The van der Waals surface area contributed by atoms with Crippen molar-refractivity contribution in [3.8, 4) is 17.3 Å². The van der Waals surface area contributed by atoms with Gasteiger partial charge in [-0.3, -0.25) is 9.78 Å². The molecule has 2 heterocycles. The Balaban J connectivity index is 1.53. The summed E-state index contributed by atoms with van der Waals surface area (Å²) in [7, 11) is 0. The fourth-order valence-electron chi connectivity index (χ4n) is 2.99. The SMILES string of the molecule is N#Cc1ccc(-c2ccccc2Cl)nc1SCC(=O)Nc1cccc2ncccc12. The summed E-state index contributed by atoms with van der Waals surface area (Å²) in [5.41, 5.74) is 3.35. The van der Waals surface area contributed by atoms with Crippen LogP contribution in [0.3, 0.4) is 0 Å². The second-order valence-corrected chi connectivity index (χ2v) is 7.72. The van der Waals surface area contributed by atoms with Crippen molar-refractivity contribution in [2.24, 2.45) is 0 Å². The van der Waals surface area contributed by atoms with Crippen molar-refractivity contribution >= 4 is 45.9 Å². The van der Waals surface area contributed by atoms with Gasteiger partial charge in [-0.2, -0.15) is 5.26 Å². The van der Waals surface area contributed by atoms with Crippen LogP contribution in [0.2, 0.25) is 5.02 Å². The van der Waals surface area contributed by atoms with E-state index in [1.54, 1.807) is 24.4 Å². The van der Waals surface area contributed by atoms with Gasteiger partial charge in [-0.15, -0.1) is 0 Å². The van der Waals surface area contributed by atoms with Gasteiger partial charge in [0.2, 0.25) is 5.91 Å². The summed E-state index contributed by atoms with van der Waals surface area (Å²) in [4.78, 5) is 21.4. The third-order valence-electron chi connectivity index (χ3n) is 4.39. The van der Waals surface area contributed by atoms with Gasteiger partial charge in [0.15, 0.2) is 0 Å². The molecule has 0 saturated carbocycles. The number of thioether (sulfide) groups is 1. The highest BCUT2D eigenvalue weighted by Crippen LogP contribution is 2.30. The zero-order chi connectivity index (χ0) is 20.9. The van der Waals surface area contributed by atoms with Crippen LogP contribution in [0.25, 0.3) is 22.2 Å². The number of aromatic nitrogens is 2. The largest absolute Gasteiger partial charge is 0.325 e. The number of carbonyl (C=O) groups is 1. The number of nitriles is 1. The number of halogens is 1. The van der Waals surface area contributed by atoms with Crippen molar-refractivity contribution in [1.29, 1.82) is 5.26 Å². The van der Waals surface area contributed by atoms with E-state index in [4.69, 9.17) is 11.6 Å². The van der Waals surface area contributed by atoms with E-state index < -0.39 is 0 Å². The number of pyridine rings is 2. The van der Waals surface area contributed by atoms with Gasteiger partial charge < -0.3 is 5.32 Å². The van der Waals surface area contributed by atoms with Crippen LogP contribution in [0, 0.1) is 11.3 Å². The average molecular weight is 431 g/mol. The van der Waals surface area contributed by atoms with Crippen LogP contribution in [-0.2, 0) is 4.79 Å². The van der Waals surface area contributed by atoms with E-state index in [9.17, 15) is 10.1 Å². The molecule has 1 N–H and O–H groups in total. The summed E-state index contributed by atoms with van der Waals surface area (Å²) in [6.07, 6.45) is 1.71. The number of carbonyl (C=O) groups excluding carboxylic acids is 1. The maximum atomic E-state index is 12.6. The second kappa shape index (κ2) is 8.95. The summed E-state index contributed by atoms with van der Waals surface area (Å²) in [5.74, 6) is -0.0743.